The van der Waals surface area contributed by atoms with Gasteiger partial charge in [-0.15, -0.1) is 11.3 Å². The predicted molar refractivity (Wildman–Crippen MR) is 74.1 cm³/mol. The van der Waals surface area contributed by atoms with E-state index in [1.165, 1.54) is 0 Å². The summed E-state index contributed by atoms with van der Waals surface area (Å²) >= 11 is 0.946. The molecule has 1 aliphatic heterocycles. The molecule has 2 rings (SSSR count). The number of rotatable bonds is 3. The van der Waals surface area contributed by atoms with Crippen molar-refractivity contribution < 1.29 is 18.3 Å². The number of aliphatic hydroxyl groups is 1. The molecule has 1 aromatic heterocycles. The zero-order valence-corrected chi connectivity index (χ0v) is 12.3. The van der Waals surface area contributed by atoms with Crippen molar-refractivity contribution in [2.45, 2.75) is 32.2 Å². The van der Waals surface area contributed by atoms with E-state index in [1.807, 2.05) is 11.8 Å². The fourth-order valence-electron chi connectivity index (χ4n) is 2.02. The molecule has 0 spiro atoms. The average molecular weight is 322 g/mol. The van der Waals surface area contributed by atoms with Crippen molar-refractivity contribution in [1.82, 2.24) is 15.2 Å². The van der Waals surface area contributed by atoms with Crippen LogP contribution in [0.5, 0.6) is 0 Å². The molecule has 1 aromatic rings. The van der Waals surface area contributed by atoms with Crippen LogP contribution in [0.15, 0.2) is 10.4 Å². The van der Waals surface area contributed by atoms with E-state index in [-0.39, 0.29) is 12.6 Å². The number of halogens is 3. The highest BCUT2D eigenvalue weighted by Gasteiger charge is 2.33. The first kappa shape index (κ1) is 16.0. The summed E-state index contributed by atoms with van der Waals surface area (Å²) in [6, 6.07) is 0. The Morgan fingerprint density at radius 3 is 2.90 bits per heavy atom. The summed E-state index contributed by atoms with van der Waals surface area (Å²) in [6.07, 6.45) is -4.13. The lowest BCUT2D eigenvalue weighted by molar-refractivity contribution is -0.140. The quantitative estimate of drug-likeness (QED) is 0.657. The maximum Gasteiger partial charge on any atom is 0.434 e. The van der Waals surface area contributed by atoms with E-state index in [0.717, 1.165) is 16.7 Å². The molecule has 0 amide bonds. The average Bonchev–Trinajstić information content (AvgIpc) is 3.02. The normalized spacial score (nSPS) is 20.1. The van der Waals surface area contributed by atoms with Crippen LogP contribution in [0.3, 0.4) is 0 Å². The highest BCUT2D eigenvalue weighted by atomic mass is 32.1. The fourth-order valence-corrected chi connectivity index (χ4v) is 2.74. The number of nitrogens with zero attached hydrogens (tertiary/aromatic N) is 3. The number of alkyl halides is 3. The van der Waals surface area contributed by atoms with E-state index in [1.54, 1.807) is 0 Å². The van der Waals surface area contributed by atoms with Crippen LogP contribution in [0.25, 0.3) is 0 Å². The molecule has 0 aromatic carbocycles. The van der Waals surface area contributed by atoms with Gasteiger partial charge in [0.1, 0.15) is 5.01 Å². The second-order valence-corrected chi connectivity index (χ2v) is 5.63. The third kappa shape index (κ3) is 4.31. The van der Waals surface area contributed by atoms with E-state index in [2.05, 4.69) is 15.3 Å². The van der Waals surface area contributed by atoms with Gasteiger partial charge in [-0.05, 0) is 13.3 Å². The Labute approximate surface area is 124 Å². The van der Waals surface area contributed by atoms with Crippen LogP contribution in [-0.2, 0) is 12.7 Å². The van der Waals surface area contributed by atoms with E-state index in [9.17, 15) is 18.3 Å². The summed E-state index contributed by atoms with van der Waals surface area (Å²) in [5.41, 5.74) is -0.876. The van der Waals surface area contributed by atoms with E-state index < -0.39 is 11.9 Å². The minimum absolute atomic E-state index is 0.0929. The van der Waals surface area contributed by atoms with Crippen molar-refractivity contribution >= 4 is 17.3 Å². The van der Waals surface area contributed by atoms with Gasteiger partial charge in [0.2, 0.25) is 0 Å². The fraction of sp³-hybridized carbons (Fsp3) is 0.667. The number of hydrogen-bond acceptors (Lipinski definition) is 4. The van der Waals surface area contributed by atoms with Crippen LogP contribution in [0.1, 0.15) is 24.0 Å². The summed E-state index contributed by atoms with van der Waals surface area (Å²) in [4.78, 5) is 9.74. The van der Waals surface area contributed by atoms with Gasteiger partial charge >= 0.3 is 6.18 Å². The third-order valence-electron chi connectivity index (χ3n) is 3.00. The Hall–Kier alpha value is -1.35. The summed E-state index contributed by atoms with van der Waals surface area (Å²) in [5.74, 6) is 0.595. The van der Waals surface area contributed by atoms with Crippen molar-refractivity contribution in [3.05, 3.63) is 16.1 Å². The van der Waals surface area contributed by atoms with Crippen molar-refractivity contribution in [1.29, 1.82) is 0 Å². The third-order valence-corrected chi connectivity index (χ3v) is 3.84. The largest absolute Gasteiger partial charge is 0.434 e. The Morgan fingerprint density at radius 1 is 1.62 bits per heavy atom. The van der Waals surface area contributed by atoms with Crippen LogP contribution >= 0.6 is 11.3 Å². The van der Waals surface area contributed by atoms with Gasteiger partial charge in [-0.3, -0.25) is 0 Å². The predicted octanol–water partition coefficient (Wildman–Crippen LogP) is 1.69. The van der Waals surface area contributed by atoms with Gasteiger partial charge < -0.3 is 15.3 Å². The van der Waals surface area contributed by atoms with Gasteiger partial charge in [-0.2, -0.15) is 13.2 Å². The second-order valence-electron chi connectivity index (χ2n) is 4.68. The lowest BCUT2D eigenvalue weighted by atomic mass is 10.3. The van der Waals surface area contributed by atoms with Crippen LogP contribution < -0.4 is 5.32 Å². The smallest absolute Gasteiger partial charge is 0.391 e. The molecule has 1 atom stereocenters. The highest BCUT2D eigenvalue weighted by Crippen LogP contribution is 2.30. The number of aromatic nitrogens is 1. The first-order chi connectivity index (χ1) is 9.90. The Balaban J connectivity index is 2.04. The van der Waals surface area contributed by atoms with Gasteiger partial charge in [0.25, 0.3) is 0 Å². The van der Waals surface area contributed by atoms with Crippen molar-refractivity contribution in [2.75, 3.05) is 19.6 Å². The molecular formula is C12H17F3N4OS. The molecule has 1 fully saturated rings. The van der Waals surface area contributed by atoms with Crippen molar-refractivity contribution in [3.8, 4) is 0 Å². The molecule has 118 valence electrons. The first-order valence-corrected chi connectivity index (χ1v) is 7.51. The summed E-state index contributed by atoms with van der Waals surface area (Å²) < 4.78 is 37.4. The zero-order chi connectivity index (χ0) is 15.5. The van der Waals surface area contributed by atoms with Gasteiger partial charge in [0, 0.05) is 25.0 Å². The molecule has 0 unspecified atom stereocenters. The number of guanidine groups is 1. The SMILES string of the molecule is CCNC(=NCc1nc(C(F)(F)F)cs1)N1CC[C@@H](O)C1. The molecule has 9 heteroatoms. The molecule has 5 nitrogen and oxygen atoms in total. The molecule has 0 aliphatic carbocycles. The van der Waals surface area contributed by atoms with Crippen LogP contribution in [0.2, 0.25) is 0 Å². The van der Waals surface area contributed by atoms with Gasteiger partial charge in [-0.1, -0.05) is 0 Å². The number of nitrogens with one attached hydrogen (secondary N) is 1. The number of aliphatic hydroxyl groups excluding tert-OH is 1. The first-order valence-electron chi connectivity index (χ1n) is 6.63. The number of aliphatic imine (C=N–C) groups is 1. The van der Waals surface area contributed by atoms with Gasteiger partial charge in [-0.25, -0.2) is 9.98 Å². The topological polar surface area (TPSA) is 60.8 Å². The lowest BCUT2D eigenvalue weighted by Crippen LogP contribution is -2.40. The van der Waals surface area contributed by atoms with Crippen molar-refractivity contribution in [2.24, 2.45) is 4.99 Å². The standard InChI is InChI=1S/C12H17F3N4OS/c1-2-16-11(19-4-3-8(20)6-19)17-5-10-18-9(7-21-10)12(13,14)15/h7-8,20H,2-6H2,1H3,(H,16,17)/t8-/m1/s1. The van der Waals surface area contributed by atoms with Gasteiger partial charge in [0.05, 0.1) is 12.6 Å². The zero-order valence-electron chi connectivity index (χ0n) is 11.5. The number of thiazole rings is 1. The molecule has 2 heterocycles. The second kappa shape index (κ2) is 6.61. The van der Waals surface area contributed by atoms with E-state index in [4.69, 9.17) is 0 Å². The number of likely N-dealkylation sites (tertiary alicyclic amines) is 1. The van der Waals surface area contributed by atoms with Crippen LogP contribution in [0, 0.1) is 0 Å². The maximum atomic E-state index is 12.5. The highest BCUT2D eigenvalue weighted by molar-refractivity contribution is 7.09. The Kier molecular flexibility index (Phi) is 5.04. The Morgan fingerprint density at radius 2 is 2.38 bits per heavy atom. The maximum absolute atomic E-state index is 12.5. The molecule has 0 bridgehead atoms. The minimum atomic E-state index is -4.41. The molecule has 1 aliphatic rings. The monoisotopic (exact) mass is 322 g/mol. The summed E-state index contributed by atoms with van der Waals surface area (Å²) in [7, 11) is 0. The number of β-amino-alcohol motifs (C(OH)–C–C–N with tert-alkyl or cyclic N) is 1. The molecule has 0 radical (unpaired) electrons. The lowest BCUT2D eigenvalue weighted by Gasteiger charge is -2.20. The summed E-state index contributed by atoms with van der Waals surface area (Å²) in [6.45, 7) is 3.82. The molecule has 1 saturated heterocycles. The minimum Gasteiger partial charge on any atom is -0.391 e. The van der Waals surface area contributed by atoms with E-state index >= 15 is 0 Å². The Bertz CT molecular complexity index is 503. The summed E-state index contributed by atoms with van der Waals surface area (Å²) in [5, 5.41) is 13.9. The van der Waals surface area contributed by atoms with E-state index in [0.29, 0.717) is 37.0 Å². The molecular weight excluding hydrogens is 305 g/mol. The van der Waals surface area contributed by atoms with Gasteiger partial charge in [0.15, 0.2) is 11.7 Å². The molecule has 21 heavy (non-hydrogen) atoms. The number of hydrogen-bond donors (Lipinski definition) is 2. The van der Waals surface area contributed by atoms with Crippen LogP contribution in [0.4, 0.5) is 13.2 Å². The molecule has 2 N–H and O–H groups in total. The molecule has 0 saturated carbocycles. The van der Waals surface area contributed by atoms with Crippen molar-refractivity contribution in [3.63, 3.8) is 0 Å². The van der Waals surface area contributed by atoms with Crippen LogP contribution in [-0.4, -0.2) is 46.7 Å².